The van der Waals surface area contributed by atoms with Gasteiger partial charge in [0.05, 0.1) is 4.90 Å². The maximum atomic E-state index is 12.7. The molecule has 0 amide bonds. The number of aliphatic carboxylic acids is 1. The third-order valence-corrected chi connectivity index (χ3v) is 6.35. The summed E-state index contributed by atoms with van der Waals surface area (Å²) >= 11 is 0. The first kappa shape index (κ1) is 15.0. The van der Waals surface area contributed by atoms with Crippen molar-refractivity contribution in [3.8, 4) is 0 Å². The number of benzene rings is 1. The number of carboxylic acid groups (broad SMARTS) is 1. The van der Waals surface area contributed by atoms with E-state index in [-0.39, 0.29) is 31.0 Å². The van der Waals surface area contributed by atoms with Gasteiger partial charge in [0.25, 0.3) is 0 Å². The number of rotatable bonds is 4. The summed E-state index contributed by atoms with van der Waals surface area (Å²) in [6, 6.07) is 6.44. The Labute approximate surface area is 118 Å². The number of hydrogen-bond donors (Lipinski definition) is 1. The van der Waals surface area contributed by atoms with Gasteiger partial charge < -0.3 is 9.84 Å². The summed E-state index contributed by atoms with van der Waals surface area (Å²) in [5, 5.41) is 9.45. The van der Waals surface area contributed by atoms with Gasteiger partial charge in [-0.15, -0.1) is 0 Å². The summed E-state index contributed by atoms with van der Waals surface area (Å²) in [4.78, 5) is 11.7. The number of carboxylic acids is 1. The van der Waals surface area contributed by atoms with Crippen molar-refractivity contribution in [2.24, 2.45) is 0 Å². The number of sulfone groups is 1. The zero-order chi connectivity index (χ0) is 14.8. The zero-order valence-electron chi connectivity index (χ0n) is 11.3. The average molecular weight is 298 g/mol. The van der Waals surface area contributed by atoms with Crippen LogP contribution in [0.4, 0.5) is 0 Å². The van der Waals surface area contributed by atoms with Crippen LogP contribution in [0, 0.1) is 0 Å². The molecule has 1 aliphatic rings. The van der Waals surface area contributed by atoms with Crippen LogP contribution in [-0.2, 0) is 25.8 Å². The van der Waals surface area contributed by atoms with Gasteiger partial charge in [-0.3, -0.25) is 4.79 Å². The van der Waals surface area contributed by atoms with Gasteiger partial charge in [0, 0.05) is 26.1 Å². The van der Waals surface area contributed by atoms with Crippen molar-refractivity contribution in [2.75, 3.05) is 13.2 Å². The topological polar surface area (TPSA) is 80.7 Å². The van der Waals surface area contributed by atoms with Crippen molar-refractivity contribution in [1.82, 2.24) is 0 Å². The number of ether oxygens (including phenoxy) is 1. The predicted molar refractivity (Wildman–Crippen MR) is 73.4 cm³/mol. The molecule has 0 radical (unpaired) electrons. The van der Waals surface area contributed by atoms with Gasteiger partial charge >= 0.3 is 5.97 Å². The lowest BCUT2D eigenvalue weighted by atomic mass is 9.99. The molecule has 1 aromatic carbocycles. The highest BCUT2D eigenvalue weighted by Crippen LogP contribution is 2.35. The molecule has 1 fully saturated rings. The van der Waals surface area contributed by atoms with Crippen LogP contribution >= 0.6 is 0 Å². The molecule has 1 aromatic rings. The maximum absolute atomic E-state index is 12.7. The fraction of sp³-hybridized carbons (Fsp3) is 0.500. The van der Waals surface area contributed by atoms with Crippen LogP contribution in [0.15, 0.2) is 29.2 Å². The quantitative estimate of drug-likeness (QED) is 0.914. The molecule has 1 aliphatic heterocycles. The molecule has 5 nitrogen and oxygen atoms in total. The molecule has 0 aromatic heterocycles. The van der Waals surface area contributed by atoms with Gasteiger partial charge in [-0.1, -0.05) is 19.1 Å². The first-order valence-electron chi connectivity index (χ1n) is 6.59. The van der Waals surface area contributed by atoms with E-state index in [1.165, 1.54) is 12.1 Å². The van der Waals surface area contributed by atoms with Gasteiger partial charge in [0.2, 0.25) is 0 Å². The smallest absolute Gasteiger partial charge is 0.325 e. The van der Waals surface area contributed by atoms with Crippen molar-refractivity contribution in [3.05, 3.63) is 29.8 Å². The van der Waals surface area contributed by atoms with Crippen LogP contribution in [0.25, 0.3) is 0 Å². The van der Waals surface area contributed by atoms with E-state index in [4.69, 9.17) is 4.74 Å². The van der Waals surface area contributed by atoms with Crippen LogP contribution in [0.2, 0.25) is 0 Å². The van der Waals surface area contributed by atoms with Crippen LogP contribution in [0.1, 0.15) is 25.3 Å². The Balaban J connectivity index is 2.47. The third kappa shape index (κ3) is 2.33. The van der Waals surface area contributed by atoms with Crippen LogP contribution in [0.3, 0.4) is 0 Å². The molecule has 6 heteroatoms. The summed E-state index contributed by atoms with van der Waals surface area (Å²) in [5.41, 5.74) is 1.01. The van der Waals surface area contributed by atoms with Crippen molar-refractivity contribution in [1.29, 1.82) is 0 Å². The summed E-state index contributed by atoms with van der Waals surface area (Å²) in [5.74, 6) is -1.29. The molecule has 0 bridgehead atoms. The zero-order valence-corrected chi connectivity index (χ0v) is 12.1. The van der Waals surface area contributed by atoms with Crippen LogP contribution in [0.5, 0.6) is 0 Å². The molecule has 1 saturated heterocycles. The second-order valence-corrected chi connectivity index (χ2v) is 7.17. The van der Waals surface area contributed by atoms with Crippen LogP contribution in [-0.4, -0.2) is 37.5 Å². The molecule has 0 aliphatic carbocycles. The second-order valence-electron chi connectivity index (χ2n) is 4.91. The molecule has 1 heterocycles. The maximum Gasteiger partial charge on any atom is 0.325 e. The Bertz CT molecular complexity index is 582. The Hall–Kier alpha value is -1.40. The predicted octanol–water partition coefficient (Wildman–Crippen LogP) is 1.66. The van der Waals surface area contributed by atoms with Gasteiger partial charge in [0.15, 0.2) is 14.6 Å². The molecule has 20 heavy (non-hydrogen) atoms. The highest BCUT2D eigenvalue weighted by Gasteiger charge is 2.52. The fourth-order valence-corrected chi connectivity index (χ4v) is 4.31. The van der Waals surface area contributed by atoms with E-state index in [0.29, 0.717) is 0 Å². The Morgan fingerprint density at radius 2 is 1.80 bits per heavy atom. The van der Waals surface area contributed by atoms with E-state index in [2.05, 4.69) is 0 Å². The van der Waals surface area contributed by atoms with Crippen molar-refractivity contribution >= 4 is 15.8 Å². The molecular formula is C14H18O5S. The molecule has 0 atom stereocenters. The fourth-order valence-electron chi connectivity index (χ4n) is 2.43. The summed E-state index contributed by atoms with van der Waals surface area (Å²) in [6.07, 6.45) is 0.776. The van der Waals surface area contributed by atoms with E-state index in [0.717, 1.165) is 12.0 Å². The lowest BCUT2D eigenvalue weighted by molar-refractivity contribution is -0.142. The monoisotopic (exact) mass is 298 g/mol. The number of aryl methyl sites for hydroxylation is 1. The minimum atomic E-state index is -3.93. The van der Waals surface area contributed by atoms with Gasteiger partial charge in [0.1, 0.15) is 0 Å². The molecule has 0 unspecified atom stereocenters. The molecule has 110 valence electrons. The average Bonchev–Trinajstić information content (AvgIpc) is 2.47. The molecule has 0 spiro atoms. The molecule has 0 saturated carbocycles. The highest BCUT2D eigenvalue weighted by molar-refractivity contribution is 7.93. The standard InChI is InChI=1S/C14H18O5S/c1-2-11-3-5-12(6-4-11)20(17,18)14(13(15)16)7-9-19-10-8-14/h3-6H,2,7-10H2,1H3,(H,15,16). The van der Waals surface area contributed by atoms with Gasteiger partial charge in [-0.2, -0.15) is 0 Å². The van der Waals surface area contributed by atoms with Crippen LogP contribution < -0.4 is 0 Å². The van der Waals surface area contributed by atoms with E-state index >= 15 is 0 Å². The Kier molecular flexibility index (Phi) is 4.15. The first-order valence-corrected chi connectivity index (χ1v) is 8.07. The van der Waals surface area contributed by atoms with E-state index in [1.54, 1.807) is 12.1 Å². The SMILES string of the molecule is CCc1ccc(S(=O)(=O)C2(C(=O)O)CCOCC2)cc1. The summed E-state index contributed by atoms with van der Waals surface area (Å²) < 4.78 is 28.8. The van der Waals surface area contributed by atoms with E-state index < -0.39 is 20.6 Å². The Morgan fingerprint density at radius 1 is 1.25 bits per heavy atom. The summed E-state index contributed by atoms with van der Waals surface area (Å²) in [6.45, 7) is 2.28. The largest absolute Gasteiger partial charge is 0.480 e. The lowest BCUT2D eigenvalue weighted by Crippen LogP contribution is -2.50. The second kappa shape index (κ2) is 5.54. The van der Waals surface area contributed by atoms with Gasteiger partial charge in [-0.25, -0.2) is 8.42 Å². The summed E-state index contributed by atoms with van der Waals surface area (Å²) in [7, 11) is -3.93. The van der Waals surface area contributed by atoms with Crippen molar-refractivity contribution < 1.29 is 23.1 Å². The van der Waals surface area contributed by atoms with Gasteiger partial charge in [-0.05, 0) is 24.1 Å². The minimum absolute atomic E-state index is 0.0137. The normalized spacial score (nSPS) is 18.6. The highest BCUT2D eigenvalue weighted by atomic mass is 32.2. The number of carbonyl (C=O) groups is 1. The lowest BCUT2D eigenvalue weighted by Gasteiger charge is -2.32. The minimum Gasteiger partial charge on any atom is -0.480 e. The Morgan fingerprint density at radius 3 is 2.25 bits per heavy atom. The van der Waals surface area contributed by atoms with Crippen molar-refractivity contribution in [2.45, 2.75) is 35.8 Å². The van der Waals surface area contributed by atoms with E-state index in [9.17, 15) is 18.3 Å². The number of hydrogen-bond acceptors (Lipinski definition) is 4. The first-order chi connectivity index (χ1) is 9.44. The molecular weight excluding hydrogens is 280 g/mol. The molecule has 1 N–H and O–H groups in total. The third-order valence-electron chi connectivity index (χ3n) is 3.85. The van der Waals surface area contributed by atoms with E-state index in [1.807, 2.05) is 6.92 Å². The van der Waals surface area contributed by atoms with Crippen molar-refractivity contribution in [3.63, 3.8) is 0 Å². The molecule has 2 rings (SSSR count).